The topological polar surface area (TPSA) is 29.5 Å². The van der Waals surface area contributed by atoms with Gasteiger partial charge in [-0.25, -0.2) is 4.39 Å². The summed E-state index contributed by atoms with van der Waals surface area (Å²) in [6.45, 7) is 14.0. The van der Waals surface area contributed by atoms with Gasteiger partial charge in [0.15, 0.2) is 8.32 Å². The summed E-state index contributed by atoms with van der Waals surface area (Å²) in [5, 5.41) is 0.482. The predicted octanol–water partition coefficient (Wildman–Crippen LogP) is 5.24. The Labute approximate surface area is 156 Å². The van der Waals surface area contributed by atoms with Crippen LogP contribution in [0.25, 0.3) is 0 Å². The van der Waals surface area contributed by atoms with Crippen molar-refractivity contribution in [3.05, 3.63) is 34.6 Å². The van der Waals surface area contributed by atoms with Crippen LogP contribution in [0, 0.1) is 11.7 Å². The third-order valence-corrected chi connectivity index (χ3v) is 10.3. The number of carbonyl (C=O) groups is 1. The number of halogens is 2. The molecule has 1 heterocycles. The molecule has 0 aliphatic carbocycles. The molecule has 1 unspecified atom stereocenters. The molecule has 0 saturated carbocycles. The van der Waals surface area contributed by atoms with Gasteiger partial charge in [-0.3, -0.25) is 4.79 Å². The van der Waals surface area contributed by atoms with Crippen LogP contribution < -0.4 is 0 Å². The van der Waals surface area contributed by atoms with Crippen molar-refractivity contribution in [2.24, 2.45) is 5.92 Å². The first-order chi connectivity index (χ1) is 11.4. The van der Waals surface area contributed by atoms with Gasteiger partial charge in [-0.15, -0.1) is 0 Å². The smallest absolute Gasteiger partial charge is 0.225 e. The van der Waals surface area contributed by atoms with Gasteiger partial charge < -0.3 is 9.33 Å². The van der Waals surface area contributed by atoms with Gasteiger partial charge in [-0.1, -0.05) is 45.4 Å². The highest BCUT2D eigenvalue weighted by molar-refractivity contribution is 6.74. The van der Waals surface area contributed by atoms with E-state index in [0.717, 1.165) is 12.0 Å². The molecule has 0 spiro atoms. The molecule has 6 heteroatoms. The monoisotopic (exact) mass is 385 g/mol. The van der Waals surface area contributed by atoms with Crippen molar-refractivity contribution in [2.45, 2.75) is 64.9 Å². The number of likely N-dealkylation sites (tertiary alicyclic amines) is 1. The molecule has 0 N–H and O–H groups in total. The van der Waals surface area contributed by atoms with E-state index in [2.05, 4.69) is 33.9 Å². The summed E-state index contributed by atoms with van der Waals surface area (Å²) in [6.07, 6.45) is 0.784. The first-order valence-electron chi connectivity index (χ1n) is 8.81. The molecule has 1 saturated heterocycles. The van der Waals surface area contributed by atoms with Crippen molar-refractivity contribution >= 4 is 25.8 Å². The largest absolute Gasteiger partial charge is 0.412 e. The maximum absolute atomic E-state index is 13.2. The van der Waals surface area contributed by atoms with Crippen LogP contribution in [-0.2, 0) is 15.8 Å². The molecule has 140 valence electrons. The Hall–Kier alpha value is -0.913. The third-order valence-electron chi connectivity index (χ3n) is 5.42. The van der Waals surface area contributed by atoms with E-state index < -0.39 is 8.32 Å². The number of amides is 1. The summed E-state index contributed by atoms with van der Waals surface area (Å²) in [7, 11) is -1.90. The lowest BCUT2D eigenvalue weighted by atomic mass is 9.96. The Balaban J connectivity index is 2.14. The van der Waals surface area contributed by atoms with Gasteiger partial charge in [0.25, 0.3) is 0 Å². The standard InChI is InChI=1S/C19H29ClFNO2Si/c1-13-9-16(24-25(5,6)19(2,3)4)12-22(18(13)23)11-14-7-8-15(21)10-17(14)20/h7-8,10,13,16H,9,11-12H2,1-6H3/t13?,16-/m1/s1. The number of rotatable bonds is 4. The highest BCUT2D eigenvalue weighted by atomic mass is 35.5. The second kappa shape index (κ2) is 7.37. The zero-order valence-corrected chi connectivity index (χ0v) is 17.8. The van der Waals surface area contributed by atoms with Crippen molar-refractivity contribution in [1.82, 2.24) is 4.90 Å². The molecule has 1 amide bonds. The summed E-state index contributed by atoms with van der Waals surface area (Å²) in [4.78, 5) is 14.4. The molecule has 1 aromatic carbocycles. The fourth-order valence-electron chi connectivity index (χ4n) is 2.89. The number of benzene rings is 1. The first kappa shape index (κ1) is 20.4. The summed E-state index contributed by atoms with van der Waals surface area (Å²) < 4.78 is 19.8. The number of hydrogen-bond acceptors (Lipinski definition) is 2. The lowest BCUT2D eigenvalue weighted by Crippen LogP contribution is -2.52. The molecule has 0 radical (unpaired) electrons. The van der Waals surface area contributed by atoms with Crippen LogP contribution in [0.5, 0.6) is 0 Å². The molecule has 3 nitrogen and oxygen atoms in total. The second-order valence-electron chi connectivity index (χ2n) is 8.59. The molecular weight excluding hydrogens is 357 g/mol. The van der Waals surface area contributed by atoms with E-state index >= 15 is 0 Å². The Morgan fingerprint density at radius 3 is 2.56 bits per heavy atom. The Morgan fingerprint density at radius 2 is 2.00 bits per heavy atom. The van der Waals surface area contributed by atoms with E-state index in [-0.39, 0.29) is 28.8 Å². The van der Waals surface area contributed by atoms with E-state index in [1.54, 1.807) is 11.0 Å². The maximum Gasteiger partial charge on any atom is 0.225 e. The molecule has 0 aromatic heterocycles. The minimum absolute atomic E-state index is 0.0350. The van der Waals surface area contributed by atoms with Crippen LogP contribution in [0.3, 0.4) is 0 Å². The van der Waals surface area contributed by atoms with Crippen molar-refractivity contribution in [2.75, 3.05) is 6.54 Å². The van der Waals surface area contributed by atoms with Crippen molar-refractivity contribution in [3.8, 4) is 0 Å². The van der Waals surface area contributed by atoms with Crippen LogP contribution in [0.15, 0.2) is 18.2 Å². The van der Waals surface area contributed by atoms with Crippen LogP contribution in [0.4, 0.5) is 4.39 Å². The van der Waals surface area contributed by atoms with E-state index in [9.17, 15) is 9.18 Å². The quantitative estimate of drug-likeness (QED) is 0.663. The normalized spacial score (nSPS) is 22.4. The summed E-state index contributed by atoms with van der Waals surface area (Å²) in [5.74, 6) is -0.343. The second-order valence-corrected chi connectivity index (χ2v) is 13.8. The van der Waals surface area contributed by atoms with Crippen LogP contribution in [0.1, 0.15) is 39.7 Å². The van der Waals surface area contributed by atoms with E-state index in [1.807, 2.05) is 6.92 Å². The first-order valence-corrected chi connectivity index (χ1v) is 12.1. The SMILES string of the molecule is CC1C[C@@H](O[Si](C)(C)C(C)(C)C)CN(Cc2ccc(F)cc2Cl)C1=O. The van der Waals surface area contributed by atoms with Gasteiger partial charge in [-0.05, 0) is 42.2 Å². The Bertz CT molecular complexity index is 645. The third kappa shape index (κ3) is 4.83. The Kier molecular flexibility index (Phi) is 6.02. The number of hydrogen-bond donors (Lipinski definition) is 0. The number of nitrogens with zero attached hydrogens (tertiary/aromatic N) is 1. The fraction of sp³-hybridized carbons (Fsp3) is 0.632. The Morgan fingerprint density at radius 1 is 1.36 bits per heavy atom. The van der Waals surface area contributed by atoms with Crippen molar-refractivity contribution in [3.63, 3.8) is 0 Å². The van der Waals surface area contributed by atoms with Gasteiger partial charge in [0, 0.05) is 24.0 Å². The number of carbonyl (C=O) groups excluding carboxylic acids is 1. The summed E-state index contributed by atoms with van der Waals surface area (Å²) in [6, 6.07) is 4.31. The molecule has 25 heavy (non-hydrogen) atoms. The molecule has 1 aliphatic rings. The number of piperidine rings is 1. The highest BCUT2D eigenvalue weighted by Crippen LogP contribution is 2.38. The maximum atomic E-state index is 13.2. The molecule has 2 atom stereocenters. The van der Waals surface area contributed by atoms with Gasteiger partial charge >= 0.3 is 0 Å². The zero-order chi connectivity index (χ0) is 19.0. The predicted molar refractivity (Wildman–Crippen MR) is 103 cm³/mol. The molecule has 1 aliphatic heterocycles. The lowest BCUT2D eigenvalue weighted by molar-refractivity contribution is -0.142. The van der Waals surface area contributed by atoms with Gasteiger partial charge in [0.1, 0.15) is 5.82 Å². The summed E-state index contributed by atoms with van der Waals surface area (Å²) in [5.41, 5.74) is 0.761. The molecule has 0 bridgehead atoms. The van der Waals surface area contributed by atoms with Crippen LogP contribution in [0.2, 0.25) is 23.2 Å². The van der Waals surface area contributed by atoms with Gasteiger partial charge in [-0.2, -0.15) is 0 Å². The van der Waals surface area contributed by atoms with Crippen molar-refractivity contribution < 1.29 is 13.6 Å². The fourth-order valence-corrected chi connectivity index (χ4v) is 4.48. The van der Waals surface area contributed by atoms with E-state index in [1.165, 1.54) is 12.1 Å². The van der Waals surface area contributed by atoms with E-state index in [0.29, 0.717) is 18.1 Å². The van der Waals surface area contributed by atoms with E-state index in [4.69, 9.17) is 16.0 Å². The van der Waals surface area contributed by atoms with Crippen molar-refractivity contribution in [1.29, 1.82) is 0 Å². The average Bonchev–Trinajstić information content (AvgIpc) is 2.45. The average molecular weight is 386 g/mol. The molecule has 1 aromatic rings. The van der Waals surface area contributed by atoms with Gasteiger partial charge in [0.05, 0.1) is 6.10 Å². The highest BCUT2D eigenvalue weighted by Gasteiger charge is 2.42. The summed E-state index contributed by atoms with van der Waals surface area (Å²) >= 11 is 6.13. The zero-order valence-electron chi connectivity index (χ0n) is 16.0. The van der Waals surface area contributed by atoms with Gasteiger partial charge in [0.2, 0.25) is 5.91 Å². The lowest BCUT2D eigenvalue weighted by Gasteiger charge is -2.43. The molecule has 2 rings (SSSR count). The molecular formula is C19H29ClFNO2Si. The minimum Gasteiger partial charge on any atom is -0.412 e. The van der Waals surface area contributed by atoms with Crippen LogP contribution in [-0.4, -0.2) is 31.8 Å². The van der Waals surface area contributed by atoms with Crippen LogP contribution >= 0.6 is 11.6 Å². The minimum atomic E-state index is -1.90. The molecule has 1 fully saturated rings.